The van der Waals surface area contributed by atoms with Gasteiger partial charge in [0.25, 0.3) is 5.91 Å². The van der Waals surface area contributed by atoms with Gasteiger partial charge in [-0.25, -0.2) is 4.79 Å². The number of benzene rings is 1. The molecule has 2 amide bonds. The summed E-state index contributed by atoms with van der Waals surface area (Å²) < 4.78 is 5.26. The van der Waals surface area contributed by atoms with Gasteiger partial charge in [0.15, 0.2) is 6.61 Å². The molecule has 0 saturated heterocycles. The molecule has 0 radical (unpaired) electrons. The first-order chi connectivity index (χ1) is 14.2. The van der Waals surface area contributed by atoms with E-state index < -0.39 is 12.6 Å². The van der Waals surface area contributed by atoms with E-state index in [-0.39, 0.29) is 17.7 Å². The molecule has 1 aromatic carbocycles. The number of carbonyl (C=O) groups is 3. The van der Waals surface area contributed by atoms with Crippen LogP contribution in [0.3, 0.4) is 0 Å². The van der Waals surface area contributed by atoms with Gasteiger partial charge in [-0.3, -0.25) is 9.59 Å². The van der Waals surface area contributed by atoms with Crippen molar-refractivity contribution in [3.05, 3.63) is 49.8 Å². The number of nitrogens with zero attached hydrogens (tertiary/aromatic N) is 1. The number of carbonyl (C=O) groups excluding carboxylic acids is 3. The van der Waals surface area contributed by atoms with Crippen molar-refractivity contribution >= 4 is 57.3 Å². The maximum atomic E-state index is 12.7. The third-order valence-corrected chi connectivity index (χ3v) is 6.79. The van der Waals surface area contributed by atoms with E-state index in [1.54, 1.807) is 32.2 Å². The number of likely N-dealkylation sites (N-methyl/N-ethyl adjacent to an activating group) is 1. The molecule has 2 aromatic rings. The number of amides is 2. The second-order valence-electron chi connectivity index (χ2n) is 7.33. The molecule has 1 fully saturated rings. The van der Waals surface area contributed by atoms with Crippen LogP contribution in [0, 0.1) is 19.8 Å². The first-order valence-electron chi connectivity index (χ1n) is 9.43. The van der Waals surface area contributed by atoms with Crippen molar-refractivity contribution in [2.75, 3.05) is 19.0 Å². The lowest BCUT2D eigenvalue weighted by atomic mass is 10.1. The van der Waals surface area contributed by atoms with Crippen LogP contribution in [0.1, 0.15) is 39.2 Å². The van der Waals surface area contributed by atoms with E-state index in [0.717, 1.165) is 28.8 Å². The molecule has 0 aliphatic heterocycles. The van der Waals surface area contributed by atoms with E-state index in [4.69, 9.17) is 27.9 Å². The van der Waals surface area contributed by atoms with E-state index in [0.29, 0.717) is 27.2 Å². The molecule has 160 valence electrons. The number of ether oxygens (including phenoxy) is 1. The molecular weight excluding hydrogens is 447 g/mol. The van der Waals surface area contributed by atoms with Crippen LogP contribution >= 0.6 is 34.5 Å². The van der Waals surface area contributed by atoms with Gasteiger partial charge >= 0.3 is 5.97 Å². The Hall–Kier alpha value is -2.09. The molecule has 6 nitrogen and oxygen atoms in total. The van der Waals surface area contributed by atoms with Crippen LogP contribution in [0.25, 0.3) is 0 Å². The SMILES string of the molecule is Cc1sc(NC(=O)C2CC2)c(C(=O)OCC(=O)N(C)Cc2ccc(Cl)c(Cl)c2)c1C. The Balaban J connectivity index is 1.61. The summed E-state index contributed by atoms with van der Waals surface area (Å²) in [6.45, 7) is 3.57. The minimum atomic E-state index is -0.626. The smallest absolute Gasteiger partial charge is 0.341 e. The molecule has 1 heterocycles. The summed E-state index contributed by atoms with van der Waals surface area (Å²) >= 11 is 13.2. The minimum absolute atomic E-state index is 0.0215. The number of hydrogen-bond donors (Lipinski definition) is 1. The molecular formula is C21H22Cl2N2O4S. The fraction of sp³-hybridized carbons (Fsp3) is 0.381. The molecule has 0 unspecified atom stereocenters. The van der Waals surface area contributed by atoms with Gasteiger partial charge in [-0.05, 0) is 49.9 Å². The Morgan fingerprint density at radius 1 is 1.20 bits per heavy atom. The van der Waals surface area contributed by atoms with E-state index in [9.17, 15) is 14.4 Å². The second-order valence-corrected chi connectivity index (χ2v) is 9.36. The Morgan fingerprint density at radius 3 is 2.53 bits per heavy atom. The van der Waals surface area contributed by atoms with Crippen LogP contribution in [0.4, 0.5) is 5.00 Å². The lowest BCUT2D eigenvalue weighted by molar-refractivity contribution is -0.133. The number of rotatable bonds is 7. The fourth-order valence-corrected chi connectivity index (χ4v) is 4.20. The van der Waals surface area contributed by atoms with E-state index in [1.807, 2.05) is 6.92 Å². The van der Waals surface area contributed by atoms with Crippen LogP contribution < -0.4 is 5.32 Å². The topological polar surface area (TPSA) is 75.7 Å². The number of thiophene rings is 1. The molecule has 1 aliphatic carbocycles. The molecule has 1 aromatic heterocycles. The zero-order valence-corrected chi connectivity index (χ0v) is 19.2. The highest BCUT2D eigenvalue weighted by molar-refractivity contribution is 7.16. The van der Waals surface area contributed by atoms with Gasteiger partial charge in [-0.1, -0.05) is 29.3 Å². The molecule has 0 spiro atoms. The predicted octanol–water partition coefficient (Wildman–Crippen LogP) is 4.84. The van der Waals surface area contributed by atoms with Crippen LogP contribution in [0.15, 0.2) is 18.2 Å². The van der Waals surface area contributed by atoms with Gasteiger partial charge in [0, 0.05) is 24.4 Å². The second kappa shape index (κ2) is 9.37. The number of anilines is 1. The monoisotopic (exact) mass is 468 g/mol. The van der Waals surface area contributed by atoms with Gasteiger partial charge in [0.1, 0.15) is 5.00 Å². The zero-order valence-electron chi connectivity index (χ0n) is 16.9. The molecule has 1 saturated carbocycles. The number of hydrogen-bond acceptors (Lipinski definition) is 5. The molecule has 1 aliphatic rings. The molecule has 1 N–H and O–H groups in total. The van der Waals surface area contributed by atoms with Crippen molar-refractivity contribution in [1.82, 2.24) is 4.90 Å². The number of esters is 1. The summed E-state index contributed by atoms with van der Waals surface area (Å²) in [5.74, 6) is -1.04. The standard InChI is InChI=1S/C21H22Cl2N2O4S/c1-11-12(2)30-20(24-19(27)14-5-6-14)18(11)21(28)29-10-17(26)25(3)9-13-4-7-15(22)16(23)8-13/h4,7-8,14H,5-6,9-10H2,1-3H3,(H,24,27). The number of halogens is 2. The summed E-state index contributed by atoms with van der Waals surface area (Å²) in [5, 5.41) is 4.15. The average molecular weight is 469 g/mol. The number of nitrogens with one attached hydrogen (secondary N) is 1. The minimum Gasteiger partial charge on any atom is -0.452 e. The van der Waals surface area contributed by atoms with Gasteiger partial charge in [0.05, 0.1) is 15.6 Å². The zero-order chi connectivity index (χ0) is 22.0. The third kappa shape index (κ3) is 5.33. The molecule has 9 heteroatoms. The van der Waals surface area contributed by atoms with Crippen LogP contribution in [0.2, 0.25) is 10.0 Å². The van der Waals surface area contributed by atoms with E-state index in [2.05, 4.69) is 5.32 Å². The summed E-state index contributed by atoms with van der Waals surface area (Å²) in [6.07, 6.45) is 1.74. The largest absolute Gasteiger partial charge is 0.452 e. The van der Waals surface area contributed by atoms with Gasteiger partial charge in [-0.15, -0.1) is 11.3 Å². The Morgan fingerprint density at radius 2 is 1.90 bits per heavy atom. The summed E-state index contributed by atoms with van der Waals surface area (Å²) in [6, 6.07) is 5.12. The Kier molecular flexibility index (Phi) is 7.06. The average Bonchev–Trinajstić information content (AvgIpc) is 3.50. The molecule has 30 heavy (non-hydrogen) atoms. The van der Waals surface area contributed by atoms with Crippen molar-refractivity contribution in [2.24, 2.45) is 5.92 Å². The van der Waals surface area contributed by atoms with E-state index >= 15 is 0 Å². The molecule has 3 rings (SSSR count). The normalized spacial score (nSPS) is 13.1. The predicted molar refractivity (Wildman–Crippen MR) is 118 cm³/mol. The van der Waals surface area contributed by atoms with Crippen LogP contribution in [0.5, 0.6) is 0 Å². The van der Waals surface area contributed by atoms with Crippen LogP contribution in [-0.4, -0.2) is 36.3 Å². The van der Waals surface area contributed by atoms with Crippen molar-refractivity contribution in [3.8, 4) is 0 Å². The van der Waals surface area contributed by atoms with Crippen molar-refractivity contribution in [3.63, 3.8) is 0 Å². The van der Waals surface area contributed by atoms with Crippen molar-refractivity contribution in [2.45, 2.75) is 33.2 Å². The lowest BCUT2D eigenvalue weighted by Crippen LogP contribution is -2.31. The first kappa shape index (κ1) is 22.6. The van der Waals surface area contributed by atoms with Crippen molar-refractivity contribution in [1.29, 1.82) is 0 Å². The van der Waals surface area contributed by atoms with Gasteiger partial charge in [0.2, 0.25) is 5.91 Å². The Bertz CT molecular complexity index is 1000. The van der Waals surface area contributed by atoms with E-state index in [1.165, 1.54) is 16.2 Å². The highest BCUT2D eigenvalue weighted by Crippen LogP contribution is 2.36. The Labute approximate surface area is 189 Å². The van der Waals surface area contributed by atoms with Crippen LogP contribution in [-0.2, 0) is 20.9 Å². The number of aryl methyl sites for hydroxylation is 1. The maximum absolute atomic E-state index is 12.7. The first-order valence-corrected chi connectivity index (χ1v) is 11.0. The highest BCUT2D eigenvalue weighted by atomic mass is 35.5. The highest BCUT2D eigenvalue weighted by Gasteiger charge is 2.32. The van der Waals surface area contributed by atoms with Crippen molar-refractivity contribution < 1.29 is 19.1 Å². The molecule has 0 atom stereocenters. The maximum Gasteiger partial charge on any atom is 0.341 e. The summed E-state index contributed by atoms with van der Waals surface area (Å²) in [5.41, 5.74) is 1.86. The van der Waals surface area contributed by atoms with Gasteiger partial charge in [-0.2, -0.15) is 0 Å². The summed E-state index contributed by atoms with van der Waals surface area (Å²) in [7, 11) is 1.61. The van der Waals surface area contributed by atoms with Gasteiger partial charge < -0.3 is 15.0 Å². The summed E-state index contributed by atoms with van der Waals surface area (Å²) in [4.78, 5) is 39.5. The lowest BCUT2D eigenvalue weighted by Gasteiger charge is -2.17. The third-order valence-electron chi connectivity index (χ3n) is 4.93. The fourth-order valence-electron chi connectivity index (χ4n) is 2.83. The molecule has 0 bridgehead atoms. The quantitative estimate of drug-likeness (QED) is 0.590.